The molecule has 3 unspecified atom stereocenters. The maximum atomic E-state index is 13.9. The van der Waals surface area contributed by atoms with E-state index in [1.54, 1.807) is 0 Å². The van der Waals surface area contributed by atoms with Gasteiger partial charge in [-0.25, -0.2) is 9.78 Å². The van der Waals surface area contributed by atoms with Gasteiger partial charge in [0.2, 0.25) is 0 Å². The second-order valence-corrected chi connectivity index (χ2v) is 11.2. The smallest absolute Gasteiger partial charge is 0.453 e. The van der Waals surface area contributed by atoms with Crippen LogP contribution in [0.5, 0.6) is 0 Å². The van der Waals surface area contributed by atoms with Crippen LogP contribution in [-0.4, -0.2) is 58.3 Å². The van der Waals surface area contributed by atoms with Crippen molar-refractivity contribution < 1.29 is 23.6 Å². The Morgan fingerprint density at radius 3 is 2.45 bits per heavy atom. The molecule has 200 valence electrons. The first-order valence-corrected chi connectivity index (χ1v) is 13.1. The Morgan fingerprint density at radius 1 is 1.11 bits per heavy atom. The predicted molar refractivity (Wildman–Crippen MR) is 145 cm³/mol. The Kier molecular flexibility index (Phi) is 6.73. The Bertz CT molecular complexity index is 1330. The SMILES string of the molecule is COC(=O)NC(C(=O)N1C(C)CCC1c1nc2ccc(B3OC(C)(C)C(C)(C)O3)cc2[nH]1)c1ccccc1. The number of carbonyl (C=O) groups is 2. The van der Waals surface area contributed by atoms with Crippen LogP contribution in [-0.2, 0) is 18.8 Å². The molecule has 3 atom stereocenters. The monoisotopic (exact) mass is 518 g/mol. The van der Waals surface area contributed by atoms with Crippen LogP contribution in [0.4, 0.5) is 4.79 Å². The summed E-state index contributed by atoms with van der Waals surface area (Å²) in [5.74, 6) is 0.517. The lowest BCUT2D eigenvalue weighted by Crippen LogP contribution is -2.45. The number of nitrogens with zero attached hydrogens (tertiary/aromatic N) is 2. The Hall–Kier alpha value is -3.37. The van der Waals surface area contributed by atoms with Gasteiger partial charge >= 0.3 is 13.2 Å². The first kappa shape index (κ1) is 26.3. The molecule has 0 saturated carbocycles. The van der Waals surface area contributed by atoms with Crippen LogP contribution in [0.2, 0.25) is 0 Å². The fourth-order valence-corrected chi connectivity index (χ4v) is 5.21. The van der Waals surface area contributed by atoms with Crippen molar-refractivity contribution >= 4 is 35.6 Å². The zero-order valence-corrected chi connectivity index (χ0v) is 22.8. The van der Waals surface area contributed by atoms with Gasteiger partial charge in [0.15, 0.2) is 0 Å². The van der Waals surface area contributed by atoms with E-state index in [-0.39, 0.29) is 18.0 Å². The molecule has 0 radical (unpaired) electrons. The highest BCUT2D eigenvalue weighted by Crippen LogP contribution is 2.38. The quantitative estimate of drug-likeness (QED) is 0.495. The highest BCUT2D eigenvalue weighted by Gasteiger charge is 2.51. The number of alkyl carbamates (subject to hydrolysis) is 1. The van der Waals surface area contributed by atoms with Crippen molar-refractivity contribution in [3.05, 3.63) is 59.9 Å². The molecule has 2 aromatic carbocycles. The summed E-state index contributed by atoms with van der Waals surface area (Å²) in [4.78, 5) is 36.2. The minimum Gasteiger partial charge on any atom is -0.453 e. The standard InChI is InChI=1S/C28H35BN4O5/c1-17-12-15-22(33(17)25(34)23(32-26(35)36-6)18-10-8-7-9-11-18)24-30-20-14-13-19(16-21(20)31-24)29-37-27(2,3)28(4,5)38-29/h7-11,13-14,16-17,22-23H,12,15H2,1-6H3,(H,30,31)(H,32,35). The third-order valence-electron chi connectivity index (χ3n) is 8.12. The zero-order valence-electron chi connectivity index (χ0n) is 22.8. The fraction of sp³-hybridized carbons (Fsp3) is 0.464. The van der Waals surface area contributed by atoms with Crippen LogP contribution in [0, 0.1) is 0 Å². The molecule has 2 fully saturated rings. The molecular weight excluding hydrogens is 483 g/mol. The molecular formula is C28H35BN4O5. The molecule has 0 bridgehead atoms. The summed E-state index contributed by atoms with van der Waals surface area (Å²) in [6.07, 6.45) is 0.928. The summed E-state index contributed by atoms with van der Waals surface area (Å²) >= 11 is 0. The minimum absolute atomic E-state index is 0.0216. The molecule has 10 heteroatoms. The third-order valence-corrected chi connectivity index (χ3v) is 8.12. The molecule has 5 rings (SSSR count). The van der Waals surface area contributed by atoms with Crippen molar-refractivity contribution in [2.24, 2.45) is 0 Å². The second kappa shape index (κ2) is 9.74. The molecule has 3 heterocycles. The van der Waals surface area contributed by atoms with Crippen molar-refractivity contribution in [1.82, 2.24) is 20.2 Å². The highest BCUT2D eigenvalue weighted by atomic mass is 16.7. The van der Waals surface area contributed by atoms with E-state index in [1.165, 1.54) is 7.11 Å². The van der Waals surface area contributed by atoms with Gasteiger partial charge in [0.25, 0.3) is 5.91 Å². The number of aromatic amines is 1. The van der Waals surface area contributed by atoms with E-state index in [9.17, 15) is 9.59 Å². The number of methoxy groups -OCH3 is 1. The van der Waals surface area contributed by atoms with Gasteiger partial charge in [0.1, 0.15) is 11.9 Å². The zero-order chi connectivity index (χ0) is 27.2. The van der Waals surface area contributed by atoms with E-state index >= 15 is 0 Å². The number of nitrogens with one attached hydrogen (secondary N) is 2. The number of hydrogen-bond donors (Lipinski definition) is 2. The number of amides is 2. The topological polar surface area (TPSA) is 106 Å². The van der Waals surface area contributed by atoms with Gasteiger partial charge in [-0.2, -0.15) is 0 Å². The maximum Gasteiger partial charge on any atom is 0.494 e. The average molecular weight is 518 g/mol. The highest BCUT2D eigenvalue weighted by molar-refractivity contribution is 6.62. The lowest BCUT2D eigenvalue weighted by Gasteiger charge is -2.32. The molecule has 9 nitrogen and oxygen atoms in total. The lowest BCUT2D eigenvalue weighted by molar-refractivity contribution is -0.136. The number of likely N-dealkylation sites (tertiary alicyclic amines) is 1. The number of rotatable bonds is 5. The van der Waals surface area contributed by atoms with E-state index in [0.29, 0.717) is 11.4 Å². The predicted octanol–water partition coefficient (Wildman–Crippen LogP) is 4.01. The van der Waals surface area contributed by atoms with Crippen molar-refractivity contribution in [2.75, 3.05) is 7.11 Å². The van der Waals surface area contributed by atoms with E-state index in [0.717, 1.165) is 29.3 Å². The number of ether oxygens (including phenoxy) is 1. The number of fused-ring (bicyclic) bond motifs is 1. The number of benzene rings is 2. The molecule has 2 saturated heterocycles. The number of aromatic nitrogens is 2. The number of hydrogen-bond acceptors (Lipinski definition) is 6. The van der Waals surface area contributed by atoms with E-state index in [2.05, 4.69) is 10.3 Å². The van der Waals surface area contributed by atoms with Crippen molar-refractivity contribution in [2.45, 2.75) is 76.8 Å². The molecule has 38 heavy (non-hydrogen) atoms. The van der Waals surface area contributed by atoms with Crippen LogP contribution in [0.3, 0.4) is 0 Å². The summed E-state index contributed by atoms with van der Waals surface area (Å²) in [5, 5.41) is 2.72. The summed E-state index contributed by atoms with van der Waals surface area (Å²) in [6.45, 7) is 10.2. The first-order chi connectivity index (χ1) is 18.0. The average Bonchev–Trinajstić information content (AvgIpc) is 3.54. The van der Waals surface area contributed by atoms with Crippen molar-refractivity contribution in [1.29, 1.82) is 0 Å². The second-order valence-electron chi connectivity index (χ2n) is 11.2. The van der Waals surface area contributed by atoms with Gasteiger partial charge in [-0.05, 0) is 70.6 Å². The van der Waals surface area contributed by atoms with Crippen LogP contribution in [0.1, 0.15) is 70.9 Å². The van der Waals surface area contributed by atoms with Crippen LogP contribution in [0.15, 0.2) is 48.5 Å². The van der Waals surface area contributed by atoms with Gasteiger partial charge in [0.05, 0.1) is 35.4 Å². The largest absolute Gasteiger partial charge is 0.494 e. The lowest BCUT2D eigenvalue weighted by atomic mass is 9.79. The molecule has 2 aliphatic heterocycles. The van der Waals surface area contributed by atoms with E-state index in [1.807, 2.05) is 88.0 Å². The van der Waals surface area contributed by atoms with Crippen molar-refractivity contribution in [3.8, 4) is 0 Å². The fourth-order valence-electron chi connectivity index (χ4n) is 5.21. The summed E-state index contributed by atoms with van der Waals surface area (Å²) < 4.78 is 17.3. The Labute approximate surface area is 223 Å². The molecule has 3 aromatic rings. The van der Waals surface area contributed by atoms with Gasteiger partial charge in [-0.15, -0.1) is 0 Å². The number of carbonyl (C=O) groups excluding carboxylic acids is 2. The molecule has 2 aliphatic rings. The minimum atomic E-state index is -0.869. The van der Waals surface area contributed by atoms with Crippen LogP contribution >= 0.6 is 0 Å². The van der Waals surface area contributed by atoms with Crippen LogP contribution < -0.4 is 10.8 Å². The Balaban J connectivity index is 1.44. The van der Waals surface area contributed by atoms with E-state index in [4.69, 9.17) is 19.0 Å². The Morgan fingerprint density at radius 2 is 1.79 bits per heavy atom. The normalized spacial score (nSPS) is 23.0. The number of H-pyrrole nitrogens is 1. The summed E-state index contributed by atoms with van der Waals surface area (Å²) in [6, 6.07) is 14.0. The summed E-state index contributed by atoms with van der Waals surface area (Å²) in [5.41, 5.74) is 2.40. The number of imidazole rings is 1. The third kappa shape index (κ3) is 4.67. The maximum absolute atomic E-state index is 13.9. The summed E-state index contributed by atoms with van der Waals surface area (Å²) in [7, 11) is 0.812. The molecule has 1 aromatic heterocycles. The van der Waals surface area contributed by atoms with Gasteiger partial charge in [-0.1, -0.05) is 36.4 Å². The van der Waals surface area contributed by atoms with E-state index < -0.39 is 30.5 Å². The van der Waals surface area contributed by atoms with Gasteiger partial charge in [0, 0.05) is 6.04 Å². The molecule has 2 N–H and O–H groups in total. The first-order valence-electron chi connectivity index (χ1n) is 13.1. The molecule has 0 spiro atoms. The van der Waals surface area contributed by atoms with Crippen LogP contribution in [0.25, 0.3) is 11.0 Å². The molecule has 2 amide bonds. The van der Waals surface area contributed by atoms with Gasteiger partial charge < -0.3 is 29.2 Å². The van der Waals surface area contributed by atoms with Crippen molar-refractivity contribution in [3.63, 3.8) is 0 Å². The van der Waals surface area contributed by atoms with Gasteiger partial charge in [-0.3, -0.25) is 4.79 Å². The molecule has 0 aliphatic carbocycles.